The van der Waals surface area contributed by atoms with E-state index in [1.165, 1.54) is 12.1 Å². The highest BCUT2D eigenvalue weighted by molar-refractivity contribution is 5.68. The summed E-state index contributed by atoms with van der Waals surface area (Å²) in [6, 6.07) is 13.0. The van der Waals surface area contributed by atoms with E-state index in [0.29, 0.717) is 12.8 Å². The zero-order valence-electron chi connectivity index (χ0n) is 16.1. The number of fused-ring (bicyclic) bond motifs is 1. The number of hydrogen-bond acceptors (Lipinski definition) is 2. The first kappa shape index (κ1) is 20.2. The first-order valence-electron chi connectivity index (χ1n) is 9.26. The van der Waals surface area contributed by atoms with Crippen molar-refractivity contribution in [1.29, 1.82) is 0 Å². The van der Waals surface area contributed by atoms with Crippen molar-refractivity contribution in [2.75, 3.05) is 0 Å². The average molecular weight is 391 g/mol. The number of alkyl carbamates (subject to hydrolysis) is 1. The molecular formula is C22H24F3NO2. The summed E-state index contributed by atoms with van der Waals surface area (Å²) in [5, 5.41) is 2.95. The van der Waals surface area contributed by atoms with Crippen LogP contribution in [-0.4, -0.2) is 17.7 Å². The Labute approximate surface area is 162 Å². The SMILES string of the molecule is CC(C)(C)OC(=O)N[C@H]1Cc2ccccc2[C@H]1Cc1ccc(C(F)(F)F)cc1. The molecule has 150 valence electrons. The van der Waals surface area contributed by atoms with Crippen LogP contribution in [0.15, 0.2) is 48.5 Å². The first-order valence-corrected chi connectivity index (χ1v) is 9.26. The monoisotopic (exact) mass is 391 g/mol. The van der Waals surface area contributed by atoms with Crippen LogP contribution in [0.2, 0.25) is 0 Å². The number of hydrogen-bond donors (Lipinski definition) is 1. The third-order valence-corrected chi connectivity index (χ3v) is 4.82. The largest absolute Gasteiger partial charge is 0.444 e. The van der Waals surface area contributed by atoms with E-state index in [-0.39, 0.29) is 12.0 Å². The third-order valence-electron chi connectivity index (χ3n) is 4.82. The summed E-state index contributed by atoms with van der Waals surface area (Å²) in [7, 11) is 0. The van der Waals surface area contributed by atoms with E-state index in [9.17, 15) is 18.0 Å². The summed E-state index contributed by atoms with van der Waals surface area (Å²) in [5.74, 6) is -0.0274. The van der Waals surface area contributed by atoms with Gasteiger partial charge in [-0.25, -0.2) is 4.79 Å². The van der Waals surface area contributed by atoms with Crippen LogP contribution >= 0.6 is 0 Å². The highest BCUT2D eigenvalue weighted by Crippen LogP contribution is 2.37. The number of carbonyl (C=O) groups is 1. The predicted octanol–water partition coefficient (Wildman–Crippen LogP) is 5.48. The van der Waals surface area contributed by atoms with Gasteiger partial charge in [0.05, 0.1) is 5.56 Å². The Balaban J connectivity index is 1.79. The van der Waals surface area contributed by atoms with Gasteiger partial charge >= 0.3 is 12.3 Å². The minimum atomic E-state index is -4.35. The molecule has 1 aliphatic carbocycles. The molecule has 0 bridgehead atoms. The van der Waals surface area contributed by atoms with E-state index in [1.54, 1.807) is 20.8 Å². The molecule has 6 heteroatoms. The summed E-state index contributed by atoms with van der Waals surface area (Å²) >= 11 is 0. The third kappa shape index (κ3) is 4.86. The number of amides is 1. The van der Waals surface area contributed by atoms with Crippen LogP contribution in [-0.2, 0) is 23.8 Å². The Bertz CT molecular complexity index is 838. The van der Waals surface area contributed by atoms with Gasteiger partial charge in [-0.2, -0.15) is 13.2 Å². The Morgan fingerprint density at radius 3 is 2.32 bits per heavy atom. The molecule has 0 spiro atoms. The molecule has 2 atom stereocenters. The predicted molar refractivity (Wildman–Crippen MR) is 101 cm³/mol. The fourth-order valence-electron chi connectivity index (χ4n) is 3.62. The van der Waals surface area contributed by atoms with Gasteiger partial charge in [-0.1, -0.05) is 36.4 Å². The van der Waals surface area contributed by atoms with Crippen molar-refractivity contribution in [3.8, 4) is 0 Å². The zero-order valence-corrected chi connectivity index (χ0v) is 16.1. The lowest BCUT2D eigenvalue weighted by Gasteiger charge is -2.25. The van der Waals surface area contributed by atoms with Crippen molar-refractivity contribution in [3.63, 3.8) is 0 Å². The van der Waals surface area contributed by atoms with Gasteiger partial charge < -0.3 is 10.1 Å². The summed E-state index contributed by atoms with van der Waals surface area (Å²) in [4.78, 5) is 12.3. The fraction of sp³-hybridized carbons (Fsp3) is 0.409. The first-order chi connectivity index (χ1) is 13.0. The minimum Gasteiger partial charge on any atom is -0.444 e. The van der Waals surface area contributed by atoms with Gasteiger partial charge in [0.25, 0.3) is 0 Å². The van der Waals surface area contributed by atoms with Crippen LogP contribution in [0, 0.1) is 0 Å². The number of halogens is 3. The molecule has 3 nitrogen and oxygen atoms in total. The van der Waals surface area contributed by atoms with E-state index in [0.717, 1.165) is 28.8 Å². The van der Waals surface area contributed by atoms with Crippen LogP contribution < -0.4 is 5.32 Å². The second-order valence-corrected chi connectivity index (χ2v) is 8.16. The topological polar surface area (TPSA) is 38.3 Å². The molecule has 0 aromatic heterocycles. The number of alkyl halides is 3. The number of nitrogens with one attached hydrogen (secondary N) is 1. The van der Waals surface area contributed by atoms with Crippen molar-refractivity contribution < 1.29 is 22.7 Å². The molecule has 0 heterocycles. The van der Waals surface area contributed by atoms with Gasteiger partial charge in [0.2, 0.25) is 0 Å². The molecule has 0 saturated carbocycles. The normalized spacial score (nSPS) is 19.2. The zero-order chi connectivity index (χ0) is 20.5. The molecule has 0 unspecified atom stereocenters. The number of ether oxygens (including phenoxy) is 1. The van der Waals surface area contributed by atoms with Gasteiger partial charge in [0, 0.05) is 12.0 Å². The maximum absolute atomic E-state index is 12.8. The van der Waals surface area contributed by atoms with E-state index in [4.69, 9.17) is 4.74 Å². The van der Waals surface area contributed by atoms with Crippen molar-refractivity contribution in [2.24, 2.45) is 0 Å². The molecule has 0 saturated heterocycles. The molecule has 1 N–H and O–H groups in total. The van der Waals surface area contributed by atoms with Gasteiger partial charge in [-0.05, 0) is 62.4 Å². The van der Waals surface area contributed by atoms with E-state index < -0.39 is 23.4 Å². The molecule has 0 fully saturated rings. The maximum Gasteiger partial charge on any atom is 0.416 e. The van der Waals surface area contributed by atoms with E-state index in [2.05, 4.69) is 5.32 Å². The summed E-state index contributed by atoms with van der Waals surface area (Å²) < 4.78 is 43.8. The fourth-order valence-corrected chi connectivity index (χ4v) is 3.62. The highest BCUT2D eigenvalue weighted by Gasteiger charge is 2.35. The number of carbonyl (C=O) groups excluding carboxylic acids is 1. The lowest BCUT2D eigenvalue weighted by Crippen LogP contribution is -2.41. The van der Waals surface area contributed by atoms with Crippen LogP contribution in [0.3, 0.4) is 0 Å². The Hall–Kier alpha value is -2.50. The molecule has 3 rings (SSSR count). The maximum atomic E-state index is 12.8. The van der Waals surface area contributed by atoms with Crippen molar-refractivity contribution in [1.82, 2.24) is 5.32 Å². The summed E-state index contributed by atoms with van der Waals surface area (Å²) in [6.07, 6.45) is -3.63. The summed E-state index contributed by atoms with van der Waals surface area (Å²) in [5.41, 5.74) is 1.79. The van der Waals surface area contributed by atoms with Crippen LogP contribution in [0.1, 0.15) is 48.9 Å². The van der Waals surface area contributed by atoms with Crippen molar-refractivity contribution in [2.45, 2.75) is 57.3 Å². The molecular weight excluding hydrogens is 367 g/mol. The quantitative estimate of drug-likeness (QED) is 0.752. The second-order valence-electron chi connectivity index (χ2n) is 8.16. The van der Waals surface area contributed by atoms with Crippen molar-refractivity contribution >= 4 is 6.09 Å². The minimum absolute atomic E-state index is 0.0274. The molecule has 2 aromatic carbocycles. The molecule has 0 aliphatic heterocycles. The second kappa shape index (κ2) is 7.49. The van der Waals surface area contributed by atoms with Crippen LogP contribution in [0.5, 0.6) is 0 Å². The van der Waals surface area contributed by atoms with Crippen molar-refractivity contribution in [3.05, 3.63) is 70.8 Å². The van der Waals surface area contributed by atoms with Gasteiger partial charge in [-0.3, -0.25) is 0 Å². The van der Waals surface area contributed by atoms with Crippen LogP contribution in [0.4, 0.5) is 18.0 Å². The highest BCUT2D eigenvalue weighted by atomic mass is 19.4. The van der Waals surface area contributed by atoms with Gasteiger partial charge in [0.1, 0.15) is 5.60 Å². The average Bonchev–Trinajstić information content (AvgIpc) is 2.90. The van der Waals surface area contributed by atoms with Gasteiger partial charge in [0.15, 0.2) is 0 Å². The standard InChI is InChI=1S/C22H24F3NO2/c1-21(2,3)28-20(27)26-19-13-15-6-4-5-7-17(15)18(19)12-14-8-10-16(11-9-14)22(23,24)25/h4-11,18-19H,12-13H2,1-3H3,(H,26,27)/t18-,19+/m1/s1. The smallest absolute Gasteiger partial charge is 0.416 e. The number of rotatable bonds is 3. The summed E-state index contributed by atoms with van der Waals surface area (Å²) in [6.45, 7) is 5.40. The molecule has 2 aromatic rings. The lowest BCUT2D eigenvalue weighted by atomic mass is 9.90. The van der Waals surface area contributed by atoms with Gasteiger partial charge in [-0.15, -0.1) is 0 Å². The Morgan fingerprint density at radius 2 is 1.71 bits per heavy atom. The molecule has 1 amide bonds. The Morgan fingerprint density at radius 1 is 1.07 bits per heavy atom. The lowest BCUT2D eigenvalue weighted by molar-refractivity contribution is -0.137. The number of benzene rings is 2. The Kier molecular flexibility index (Phi) is 5.41. The molecule has 0 radical (unpaired) electrons. The van der Waals surface area contributed by atoms with E-state index >= 15 is 0 Å². The molecule has 1 aliphatic rings. The molecule has 28 heavy (non-hydrogen) atoms. The van der Waals surface area contributed by atoms with Crippen LogP contribution in [0.25, 0.3) is 0 Å². The van der Waals surface area contributed by atoms with E-state index in [1.807, 2.05) is 24.3 Å².